The minimum Gasteiger partial charge on any atom is -0.369 e. The summed E-state index contributed by atoms with van der Waals surface area (Å²) in [6, 6.07) is 26.0. The second-order valence-corrected chi connectivity index (χ2v) is 10.5. The number of carbonyl (C=O) groups excluding carboxylic acids is 2. The summed E-state index contributed by atoms with van der Waals surface area (Å²) in [5.41, 5.74) is 2.96. The maximum absolute atomic E-state index is 14.2. The van der Waals surface area contributed by atoms with Crippen molar-refractivity contribution in [1.29, 1.82) is 0 Å². The van der Waals surface area contributed by atoms with Crippen LogP contribution in [0.4, 0.5) is 5.69 Å². The van der Waals surface area contributed by atoms with Crippen molar-refractivity contribution < 1.29 is 9.59 Å². The highest BCUT2D eigenvalue weighted by atomic mass is 16.2. The fraction of sp³-hybridized carbons (Fsp3) is 0.355. The Labute approximate surface area is 219 Å². The molecular weight excluding hydrogens is 460 g/mol. The monoisotopic (exact) mass is 494 g/mol. The molecular formula is C31H34N4O2. The van der Waals surface area contributed by atoms with Gasteiger partial charge in [0.2, 0.25) is 0 Å². The molecule has 0 radical (unpaired) electrons. The Kier molecular flexibility index (Phi) is 6.41. The summed E-state index contributed by atoms with van der Waals surface area (Å²) in [7, 11) is 2.15. The molecule has 2 saturated heterocycles. The maximum atomic E-state index is 14.2. The molecule has 0 atom stereocenters. The van der Waals surface area contributed by atoms with E-state index in [0.717, 1.165) is 57.1 Å². The molecule has 6 nitrogen and oxygen atoms in total. The summed E-state index contributed by atoms with van der Waals surface area (Å²) < 4.78 is 0. The van der Waals surface area contributed by atoms with Gasteiger partial charge in [-0.25, -0.2) is 0 Å². The molecule has 0 unspecified atom stereocenters. The summed E-state index contributed by atoms with van der Waals surface area (Å²) in [6.07, 6.45) is 0. The van der Waals surface area contributed by atoms with Gasteiger partial charge in [0.1, 0.15) is 0 Å². The van der Waals surface area contributed by atoms with Crippen LogP contribution in [0.15, 0.2) is 78.9 Å². The van der Waals surface area contributed by atoms with Gasteiger partial charge in [-0.2, -0.15) is 0 Å². The van der Waals surface area contributed by atoms with Gasteiger partial charge in [0.15, 0.2) is 17.1 Å². The van der Waals surface area contributed by atoms with Crippen molar-refractivity contribution in [3.8, 4) is 0 Å². The summed E-state index contributed by atoms with van der Waals surface area (Å²) in [6.45, 7) is 7.71. The van der Waals surface area contributed by atoms with E-state index < -0.39 is 5.54 Å². The topological polar surface area (TPSA) is 47.1 Å². The van der Waals surface area contributed by atoms with E-state index in [1.807, 2.05) is 42.5 Å². The molecule has 3 aromatic carbocycles. The molecule has 37 heavy (non-hydrogen) atoms. The lowest BCUT2D eigenvalue weighted by Gasteiger charge is -2.44. The lowest BCUT2D eigenvalue weighted by Crippen LogP contribution is -2.60. The van der Waals surface area contributed by atoms with Gasteiger partial charge in [-0.15, -0.1) is 0 Å². The van der Waals surface area contributed by atoms with Crippen molar-refractivity contribution in [1.82, 2.24) is 14.7 Å². The number of hydrogen-bond acceptors (Lipinski definition) is 6. The summed E-state index contributed by atoms with van der Waals surface area (Å²) in [5.74, 6) is -0.166. The predicted octanol–water partition coefficient (Wildman–Crippen LogP) is 3.53. The Morgan fingerprint density at radius 1 is 0.676 bits per heavy atom. The van der Waals surface area contributed by atoms with Crippen molar-refractivity contribution >= 4 is 17.3 Å². The van der Waals surface area contributed by atoms with Gasteiger partial charge >= 0.3 is 0 Å². The van der Waals surface area contributed by atoms with Crippen molar-refractivity contribution in [2.24, 2.45) is 0 Å². The third-order valence-electron chi connectivity index (χ3n) is 8.30. The lowest BCUT2D eigenvalue weighted by molar-refractivity contribution is 0.0279. The number of Topliss-reactive ketones (excluding diaryl/α,β-unsaturated/α-hetero) is 2. The highest BCUT2D eigenvalue weighted by molar-refractivity contribution is 6.32. The number of nitrogens with zero attached hydrogens (tertiary/aromatic N) is 4. The zero-order valence-electron chi connectivity index (χ0n) is 21.5. The molecule has 3 aromatic rings. The van der Waals surface area contributed by atoms with E-state index in [1.54, 1.807) is 0 Å². The summed E-state index contributed by atoms with van der Waals surface area (Å²) in [4.78, 5) is 37.7. The van der Waals surface area contributed by atoms with E-state index >= 15 is 0 Å². The molecule has 6 heteroatoms. The number of hydrogen-bond donors (Lipinski definition) is 0. The number of ketones is 2. The Morgan fingerprint density at radius 3 is 1.95 bits per heavy atom. The third kappa shape index (κ3) is 4.19. The van der Waals surface area contributed by atoms with Gasteiger partial charge in [0, 0.05) is 75.7 Å². The second kappa shape index (κ2) is 9.86. The van der Waals surface area contributed by atoms with Gasteiger partial charge in [-0.1, -0.05) is 66.7 Å². The second-order valence-electron chi connectivity index (χ2n) is 10.5. The predicted molar refractivity (Wildman–Crippen MR) is 146 cm³/mol. The van der Waals surface area contributed by atoms with E-state index in [-0.39, 0.29) is 11.6 Å². The first-order chi connectivity index (χ1) is 18.1. The van der Waals surface area contributed by atoms with E-state index in [1.165, 1.54) is 5.56 Å². The molecule has 0 aromatic heterocycles. The Morgan fingerprint density at radius 2 is 1.30 bits per heavy atom. The number of piperazine rings is 2. The molecule has 0 saturated carbocycles. The lowest BCUT2D eigenvalue weighted by atomic mass is 9.82. The highest BCUT2D eigenvalue weighted by Crippen LogP contribution is 2.44. The van der Waals surface area contributed by atoms with Gasteiger partial charge in [-0.3, -0.25) is 19.4 Å². The van der Waals surface area contributed by atoms with Crippen LogP contribution in [0.25, 0.3) is 0 Å². The number of rotatable bonds is 5. The first-order valence-electron chi connectivity index (χ1n) is 13.3. The Bertz CT molecular complexity index is 1260. The van der Waals surface area contributed by atoms with E-state index in [4.69, 9.17) is 0 Å². The van der Waals surface area contributed by atoms with Crippen LogP contribution in [0.2, 0.25) is 0 Å². The molecule has 6 rings (SSSR count). The smallest absolute Gasteiger partial charge is 0.196 e. The molecule has 0 N–H and O–H groups in total. The van der Waals surface area contributed by atoms with Crippen molar-refractivity contribution in [3.05, 3.63) is 101 Å². The minimum absolute atomic E-state index is 0.0832. The molecule has 0 bridgehead atoms. The van der Waals surface area contributed by atoms with E-state index in [0.29, 0.717) is 24.2 Å². The van der Waals surface area contributed by atoms with Crippen LogP contribution < -0.4 is 4.90 Å². The van der Waals surface area contributed by atoms with Crippen LogP contribution in [-0.4, -0.2) is 85.7 Å². The average molecular weight is 495 g/mol. The van der Waals surface area contributed by atoms with Crippen LogP contribution >= 0.6 is 0 Å². The molecule has 2 aliphatic heterocycles. The Hall–Kier alpha value is -3.32. The fourth-order valence-corrected chi connectivity index (χ4v) is 6.18. The quantitative estimate of drug-likeness (QED) is 0.506. The van der Waals surface area contributed by atoms with Crippen molar-refractivity contribution in [2.45, 2.75) is 12.1 Å². The Balaban J connectivity index is 1.34. The molecule has 2 fully saturated rings. The highest BCUT2D eigenvalue weighted by Gasteiger charge is 2.58. The van der Waals surface area contributed by atoms with Gasteiger partial charge < -0.3 is 9.80 Å². The third-order valence-corrected chi connectivity index (χ3v) is 8.30. The largest absolute Gasteiger partial charge is 0.369 e. The first kappa shape index (κ1) is 24.0. The molecule has 3 aliphatic rings. The van der Waals surface area contributed by atoms with Gasteiger partial charge in [-0.05, 0) is 30.3 Å². The average Bonchev–Trinajstić information content (AvgIpc) is 3.17. The number of benzene rings is 3. The van der Waals surface area contributed by atoms with Crippen LogP contribution in [-0.2, 0) is 12.1 Å². The number of likely N-dealkylation sites (N-methyl/N-ethyl adjacent to an activating group) is 1. The van der Waals surface area contributed by atoms with Crippen LogP contribution in [0, 0.1) is 0 Å². The summed E-state index contributed by atoms with van der Waals surface area (Å²) in [5, 5.41) is 0. The molecule has 2 heterocycles. The van der Waals surface area contributed by atoms with Crippen LogP contribution in [0.1, 0.15) is 31.8 Å². The van der Waals surface area contributed by atoms with E-state index in [2.05, 4.69) is 63.0 Å². The van der Waals surface area contributed by atoms with Crippen LogP contribution in [0.5, 0.6) is 0 Å². The van der Waals surface area contributed by atoms with Gasteiger partial charge in [0.25, 0.3) is 0 Å². The van der Waals surface area contributed by atoms with Gasteiger partial charge in [0.05, 0.1) is 0 Å². The summed E-state index contributed by atoms with van der Waals surface area (Å²) >= 11 is 0. The maximum Gasteiger partial charge on any atom is 0.196 e. The number of anilines is 1. The minimum atomic E-state index is -1.30. The first-order valence-corrected chi connectivity index (χ1v) is 13.3. The fourth-order valence-electron chi connectivity index (χ4n) is 6.18. The molecule has 0 spiro atoms. The molecule has 190 valence electrons. The SMILES string of the molecule is CN1CCN(c2cccc(C3(N4CCN(Cc5ccccc5)CC4)C(=O)c4ccccc4C3=O)c2)CC1. The molecule has 1 aliphatic carbocycles. The zero-order chi connectivity index (χ0) is 25.4. The van der Waals surface area contributed by atoms with Crippen molar-refractivity contribution in [3.63, 3.8) is 0 Å². The number of fused-ring (bicyclic) bond motifs is 1. The zero-order valence-corrected chi connectivity index (χ0v) is 21.5. The van der Waals surface area contributed by atoms with Crippen LogP contribution in [0.3, 0.4) is 0 Å². The standard InChI is InChI=1S/C31H34N4O2/c1-32-14-18-34(19-15-32)26-11-7-10-25(22-26)31(29(36)27-12-5-6-13-28(27)30(31)37)35-20-16-33(17-21-35)23-24-8-3-2-4-9-24/h2-13,22H,14-21,23H2,1H3. The molecule has 0 amide bonds. The number of carbonyl (C=O) groups is 2. The van der Waals surface area contributed by atoms with E-state index in [9.17, 15) is 9.59 Å². The normalized spacial score (nSPS) is 20.8. The van der Waals surface area contributed by atoms with Crippen molar-refractivity contribution in [2.75, 3.05) is 64.3 Å².